The summed E-state index contributed by atoms with van der Waals surface area (Å²) in [6.45, 7) is -0.499. The van der Waals surface area contributed by atoms with Crippen LogP contribution < -0.4 is 5.32 Å². The second kappa shape index (κ2) is 3.78. The normalized spacial score (nSPS) is 35.7. The van der Waals surface area contributed by atoms with Crippen molar-refractivity contribution in [3.05, 3.63) is 12.4 Å². The average Bonchev–Trinajstić information content (AvgIpc) is 2.83. The highest BCUT2D eigenvalue weighted by Gasteiger charge is 2.49. The molecule has 1 fully saturated rings. The summed E-state index contributed by atoms with van der Waals surface area (Å²) in [5, 5.41) is 30.9. The summed E-state index contributed by atoms with van der Waals surface area (Å²) in [5.41, 5.74) is -1.39. The molecular weight excluding hydrogens is 202 g/mol. The van der Waals surface area contributed by atoms with Crippen molar-refractivity contribution in [1.82, 2.24) is 9.97 Å². The van der Waals surface area contributed by atoms with E-state index in [0.717, 1.165) is 0 Å². The monoisotopic (exact) mass is 215 g/mol. The second-order valence-corrected chi connectivity index (χ2v) is 3.43. The second-order valence-electron chi connectivity index (χ2n) is 3.43. The maximum atomic E-state index is 9.67. The van der Waals surface area contributed by atoms with E-state index in [0.29, 0.717) is 5.95 Å². The molecule has 2 heterocycles. The number of aromatic nitrogens is 2. The van der Waals surface area contributed by atoms with Gasteiger partial charge in [-0.3, -0.25) is 0 Å². The molecule has 84 valence electrons. The summed E-state index contributed by atoms with van der Waals surface area (Å²) in [6, 6.07) is 0. The largest absolute Gasteiger partial charge is 0.391 e. The zero-order chi connectivity index (χ0) is 10.9. The molecule has 0 bridgehead atoms. The molecule has 2 rings (SSSR count). The molecule has 5 N–H and O–H groups in total. The average molecular weight is 215 g/mol. The minimum atomic E-state index is -1.39. The van der Waals surface area contributed by atoms with Crippen LogP contribution in [0.1, 0.15) is 0 Å². The van der Waals surface area contributed by atoms with Crippen LogP contribution in [0.3, 0.4) is 0 Å². The number of aliphatic hydroxyl groups is 3. The third-order valence-corrected chi connectivity index (χ3v) is 2.42. The first kappa shape index (κ1) is 10.4. The van der Waals surface area contributed by atoms with E-state index in [1.54, 1.807) is 6.20 Å². The van der Waals surface area contributed by atoms with Gasteiger partial charge in [-0.15, -0.1) is 0 Å². The molecule has 0 radical (unpaired) electrons. The summed E-state index contributed by atoms with van der Waals surface area (Å²) in [4.78, 5) is 6.63. The van der Waals surface area contributed by atoms with Gasteiger partial charge in [0.1, 0.15) is 12.2 Å². The van der Waals surface area contributed by atoms with Crippen LogP contribution in [0.25, 0.3) is 0 Å². The Labute approximate surface area is 85.7 Å². The number of anilines is 1. The Balaban J connectivity index is 2.16. The Bertz CT molecular complexity index is 318. The topological polar surface area (TPSA) is 111 Å². The molecular formula is C8H13N3O4. The van der Waals surface area contributed by atoms with E-state index in [1.165, 1.54) is 6.20 Å². The predicted octanol–water partition coefficient (Wildman–Crippen LogP) is -1.74. The number of H-pyrrole nitrogens is 1. The van der Waals surface area contributed by atoms with Gasteiger partial charge >= 0.3 is 0 Å². The lowest BCUT2D eigenvalue weighted by atomic mass is 10.1. The Morgan fingerprint density at radius 3 is 2.93 bits per heavy atom. The lowest BCUT2D eigenvalue weighted by Crippen LogP contribution is -2.52. The lowest BCUT2D eigenvalue weighted by Gasteiger charge is -2.30. The van der Waals surface area contributed by atoms with Crippen molar-refractivity contribution in [1.29, 1.82) is 0 Å². The number of nitrogens with one attached hydrogen (secondary N) is 2. The van der Waals surface area contributed by atoms with Gasteiger partial charge in [0.2, 0.25) is 5.95 Å². The molecule has 1 saturated heterocycles. The van der Waals surface area contributed by atoms with E-state index in [4.69, 9.17) is 4.74 Å². The van der Waals surface area contributed by atoms with Crippen LogP contribution >= 0.6 is 0 Å². The molecule has 7 nitrogen and oxygen atoms in total. The standard InChI is InChI=1S/C8H13N3O4/c12-4-8(6(14)5(13)3-15-8)11-7-9-1-2-10-7/h1-2,5-6,12-14H,3-4H2,(H2,9,10,11)/t5-,6-,8-/m0/s1. The highest BCUT2D eigenvalue weighted by Crippen LogP contribution is 2.26. The Morgan fingerprint density at radius 2 is 2.47 bits per heavy atom. The van der Waals surface area contributed by atoms with Crippen molar-refractivity contribution in [3.63, 3.8) is 0 Å². The van der Waals surface area contributed by atoms with Gasteiger partial charge in [0.05, 0.1) is 13.2 Å². The van der Waals surface area contributed by atoms with Gasteiger partial charge in [-0.1, -0.05) is 0 Å². The SMILES string of the molecule is OC[C@]1(Nc2ncc[nH]2)OC[C@H](O)[C@@H]1O. The first-order chi connectivity index (χ1) is 7.18. The van der Waals surface area contributed by atoms with Crippen LogP contribution in [0.4, 0.5) is 5.95 Å². The van der Waals surface area contributed by atoms with Crippen molar-refractivity contribution in [3.8, 4) is 0 Å². The summed E-state index contributed by atoms with van der Waals surface area (Å²) in [7, 11) is 0. The number of hydrogen-bond acceptors (Lipinski definition) is 6. The van der Waals surface area contributed by atoms with Gasteiger partial charge in [0, 0.05) is 12.4 Å². The number of ether oxygens (including phenoxy) is 1. The van der Waals surface area contributed by atoms with Gasteiger partial charge in [0.25, 0.3) is 0 Å². The Hall–Kier alpha value is -1.15. The van der Waals surface area contributed by atoms with Gasteiger partial charge in [0.15, 0.2) is 5.72 Å². The number of aromatic amines is 1. The first-order valence-corrected chi connectivity index (χ1v) is 4.56. The van der Waals surface area contributed by atoms with Crippen LogP contribution in [0.2, 0.25) is 0 Å². The zero-order valence-electron chi connectivity index (χ0n) is 7.92. The molecule has 1 aromatic rings. The summed E-state index contributed by atoms with van der Waals surface area (Å²) >= 11 is 0. The van der Waals surface area contributed by atoms with E-state index < -0.39 is 24.5 Å². The molecule has 0 unspecified atom stereocenters. The van der Waals surface area contributed by atoms with Crippen molar-refractivity contribution in [2.45, 2.75) is 17.9 Å². The molecule has 0 aliphatic carbocycles. The summed E-state index contributed by atoms with van der Waals surface area (Å²) < 4.78 is 5.17. The third kappa shape index (κ3) is 1.70. The molecule has 3 atom stereocenters. The number of hydrogen-bond donors (Lipinski definition) is 5. The molecule has 7 heteroatoms. The molecule has 0 saturated carbocycles. The molecule has 0 spiro atoms. The third-order valence-electron chi connectivity index (χ3n) is 2.42. The summed E-state index contributed by atoms with van der Waals surface area (Å²) in [5.74, 6) is 0.359. The van der Waals surface area contributed by atoms with E-state index in [-0.39, 0.29) is 6.61 Å². The van der Waals surface area contributed by atoms with E-state index in [9.17, 15) is 15.3 Å². The van der Waals surface area contributed by atoms with Crippen molar-refractivity contribution in [2.24, 2.45) is 0 Å². The molecule has 0 aromatic carbocycles. The van der Waals surface area contributed by atoms with Crippen LogP contribution in [0.15, 0.2) is 12.4 Å². The predicted molar refractivity (Wildman–Crippen MR) is 50.0 cm³/mol. The molecule has 1 aliphatic rings. The Kier molecular flexibility index (Phi) is 2.61. The molecule has 1 aromatic heterocycles. The van der Waals surface area contributed by atoms with Crippen LogP contribution in [0, 0.1) is 0 Å². The van der Waals surface area contributed by atoms with E-state index >= 15 is 0 Å². The van der Waals surface area contributed by atoms with Crippen molar-refractivity contribution < 1.29 is 20.1 Å². The van der Waals surface area contributed by atoms with Crippen LogP contribution in [-0.2, 0) is 4.74 Å². The molecule has 15 heavy (non-hydrogen) atoms. The van der Waals surface area contributed by atoms with Crippen LogP contribution in [0.5, 0.6) is 0 Å². The van der Waals surface area contributed by atoms with E-state index in [2.05, 4.69) is 15.3 Å². The minimum Gasteiger partial charge on any atom is -0.391 e. The fraction of sp³-hybridized carbons (Fsp3) is 0.625. The van der Waals surface area contributed by atoms with Gasteiger partial charge < -0.3 is 30.4 Å². The van der Waals surface area contributed by atoms with Gasteiger partial charge in [-0.25, -0.2) is 4.98 Å². The number of nitrogens with zero attached hydrogens (tertiary/aromatic N) is 1. The number of imidazole rings is 1. The van der Waals surface area contributed by atoms with Crippen molar-refractivity contribution >= 4 is 5.95 Å². The number of rotatable bonds is 3. The Morgan fingerprint density at radius 1 is 1.67 bits per heavy atom. The minimum absolute atomic E-state index is 0.0323. The smallest absolute Gasteiger partial charge is 0.202 e. The fourth-order valence-electron chi connectivity index (χ4n) is 1.54. The quantitative estimate of drug-likeness (QED) is 0.409. The number of aliphatic hydroxyl groups excluding tert-OH is 3. The highest BCUT2D eigenvalue weighted by atomic mass is 16.6. The van der Waals surface area contributed by atoms with Gasteiger partial charge in [-0.05, 0) is 0 Å². The first-order valence-electron chi connectivity index (χ1n) is 4.56. The van der Waals surface area contributed by atoms with Gasteiger partial charge in [-0.2, -0.15) is 0 Å². The lowest BCUT2D eigenvalue weighted by molar-refractivity contribution is -0.0752. The fourth-order valence-corrected chi connectivity index (χ4v) is 1.54. The molecule has 1 aliphatic heterocycles. The van der Waals surface area contributed by atoms with Crippen LogP contribution in [-0.4, -0.2) is 56.4 Å². The van der Waals surface area contributed by atoms with Crippen molar-refractivity contribution in [2.75, 3.05) is 18.5 Å². The zero-order valence-corrected chi connectivity index (χ0v) is 7.92. The highest BCUT2D eigenvalue weighted by molar-refractivity contribution is 5.29. The van der Waals surface area contributed by atoms with E-state index in [1.807, 2.05) is 0 Å². The maximum Gasteiger partial charge on any atom is 0.202 e. The maximum absolute atomic E-state index is 9.67. The summed E-state index contributed by atoms with van der Waals surface area (Å²) in [6.07, 6.45) is 0.892. The molecule has 0 amide bonds.